The second-order valence-corrected chi connectivity index (χ2v) is 6.19. The van der Waals surface area contributed by atoms with Gasteiger partial charge in [-0.2, -0.15) is 0 Å². The summed E-state index contributed by atoms with van der Waals surface area (Å²) in [5.41, 5.74) is 4.34. The Labute approximate surface area is 158 Å². The number of hydrogen-bond donors (Lipinski definition) is 3. The van der Waals surface area contributed by atoms with Gasteiger partial charge in [0.05, 0.1) is 9.85 Å². The Bertz CT molecular complexity index is 897. The second-order valence-electron chi connectivity index (χ2n) is 6.19. The largest absolute Gasteiger partial charge is 0.361 e. The Balaban J connectivity index is 1.73. The molecule has 0 saturated heterocycles. The van der Waals surface area contributed by atoms with Crippen molar-refractivity contribution in [2.24, 2.45) is 0 Å². The normalized spacial score (nSPS) is 13.7. The third-order valence-corrected chi connectivity index (χ3v) is 4.34. The van der Waals surface area contributed by atoms with E-state index in [1.807, 2.05) is 0 Å². The number of nitro groups is 2. The summed E-state index contributed by atoms with van der Waals surface area (Å²) in [6.07, 6.45) is 5.06. The van der Waals surface area contributed by atoms with Crippen molar-refractivity contribution in [3.63, 3.8) is 0 Å². The third kappa shape index (κ3) is 4.28. The minimum Gasteiger partial charge on any atom is -0.361 e. The van der Waals surface area contributed by atoms with Crippen LogP contribution >= 0.6 is 0 Å². The molecule has 0 atom stereocenters. The standard InChI is InChI=1S/C16H17N7O5/c24-16(10-5-7-12(8-6-10)22(25)26)21-20-15-13(23(27)28)14(17-9-18-15)19-11-3-1-2-4-11/h5-9,11H,1-4H2,(H,21,24)(H2,17,18,19,20). The monoisotopic (exact) mass is 387 g/mol. The zero-order valence-corrected chi connectivity index (χ0v) is 14.6. The zero-order chi connectivity index (χ0) is 20.1. The van der Waals surface area contributed by atoms with Crippen molar-refractivity contribution in [1.29, 1.82) is 0 Å². The first-order chi connectivity index (χ1) is 13.5. The van der Waals surface area contributed by atoms with Crippen molar-refractivity contribution in [1.82, 2.24) is 15.4 Å². The number of nitro benzene ring substituents is 1. The summed E-state index contributed by atoms with van der Waals surface area (Å²) >= 11 is 0. The van der Waals surface area contributed by atoms with Crippen LogP contribution in [0.4, 0.5) is 23.0 Å². The van der Waals surface area contributed by atoms with Crippen molar-refractivity contribution in [3.8, 4) is 0 Å². The summed E-state index contributed by atoms with van der Waals surface area (Å²) in [6.45, 7) is 0. The molecule has 12 nitrogen and oxygen atoms in total. The fourth-order valence-corrected chi connectivity index (χ4v) is 2.93. The van der Waals surface area contributed by atoms with Crippen LogP contribution in [0.25, 0.3) is 0 Å². The molecule has 3 rings (SSSR count). The van der Waals surface area contributed by atoms with Crippen LogP contribution in [0, 0.1) is 20.2 Å². The maximum atomic E-state index is 12.2. The fourth-order valence-electron chi connectivity index (χ4n) is 2.93. The first kappa shape index (κ1) is 18.9. The van der Waals surface area contributed by atoms with E-state index in [1.165, 1.54) is 24.3 Å². The van der Waals surface area contributed by atoms with E-state index in [-0.39, 0.29) is 34.6 Å². The van der Waals surface area contributed by atoms with E-state index in [2.05, 4.69) is 26.1 Å². The van der Waals surface area contributed by atoms with E-state index < -0.39 is 15.8 Å². The summed E-state index contributed by atoms with van der Waals surface area (Å²) in [4.78, 5) is 40.9. The average molecular weight is 387 g/mol. The molecule has 1 aromatic carbocycles. The molecule has 0 aliphatic heterocycles. The Hall–Kier alpha value is -3.83. The number of nitrogens with zero attached hydrogens (tertiary/aromatic N) is 4. The van der Waals surface area contributed by atoms with Gasteiger partial charge in [0.15, 0.2) is 0 Å². The minimum atomic E-state index is -0.631. The average Bonchev–Trinajstić information content (AvgIpc) is 3.19. The molecule has 2 aromatic rings. The predicted molar refractivity (Wildman–Crippen MR) is 98.8 cm³/mol. The highest BCUT2D eigenvalue weighted by atomic mass is 16.6. The molecular weight excluding hydrogens is 370 g/mol. The highest BCUT2D eigenvalue weighted by Gasteiger charge is 2.26. The molecule has 146 valence electrons. The van der Waals surface area contributed by atoms with Gasteiger partial charge in [0.1, 0.15) is 6.33 Å². The van der Waals surface area contributed by atoms with E-state index in [1.54, 1.807) is 0 Å². The molecule has 1 heterocycles. The van der Waals surface area contributed by atoms with Crippen LogP contribution in [-0.2, 0) is 0 Å². The maximum Gasteiger partial charge on any atom is 0.354 e. The summed E-state index contributed by atoms with van der Waals surface area (Å²) < 4.78 is 0. The van der Waals surface area contributed by atoms with E-state index >= 15 is 0 Å². The number of hydrogen-bond acceptors (Lipinski definition) is 9. The topological polar surface area (TPSA) is 165 Å². The number of hydrazine groups is 1. The number of anilines is 2. The van der Waals surface area contributed by atoms with Gasteiger partial charge in [0, 0.05) is 23.7 Å². The molecule has 3 N–H and O–H groups in total. The number of carbonyl (C=O) groups excluding carboxylic acids is 1. The quantitative estimate of drug-likeness (QED) is 0.477. The van der Waals surface area contributed by atoms with Crippen molar-refractivity contribution in [2.45, 2.75) is 31.7 Å². The van der Waals surface area contributed by atoms with E-state index in [0.717, 1.165) is 32.0 Å². The van der Waals surface area contributed by atoms with E-state index in [9.17, 15) is 25.0 Å². The fraction of sp³-hybridized carbons (Fsp3) is 0.312. The molecule has 0 radical (unpaired) electrons. The van der Waals surface area contributed by atoms with Gasteiger partial charge in [-0.1, -0.05) is 12.8 Å². The lowest BCUT2D eigenvalue weighted by molar-refractivity contribution is -0.384. The maximum absolute atomic E-state index is 12.2. The van der Waals surface area contributed by atoms with Crippen LogP contribution in [0.5, 0.6) is 0 Å². The molecular formula is C16H17N7O5. The van der Waals surface area contributed by atoms with Gasteiger partial charge in [0.2, 0.25) is 11.6 Å². The highest BCUT2D eigenvalue weighted by Crippen LogP contribution is 2.31. The first-order valence-corrected chi connectivity index (χ1v) is 8.52. The number of amides is 1. The number of non-ortho nitro benzene ring substituents is 1. The number of carbonyl (C=O) groups is 1. The van der Waals surface area contributed by atoms with Crippen LogP contribution in [-0.4, -0.2) is 31.8 Å². The van der Waals surface area contributed by atoms with E-state index in [0.29, 0.717) is 0 Å². The van der Waals surface area contributed by atoms with Crippen LogP contribution in [0.15, 0.2) is 30.6 Å². The molecule has 1 saturated carbocycles. The molecule has 0 spiro atoms. The highest BCUT2D eigenvalue weighted by molar-refractivity contribution is 5.95. The SMILES string of the molecule is O=C(NNc1ncnc(NC2CCCC2)c1[N+](=O)[O-])c1ccc([N+](=O)[O-])cc1. The minimum absolute atomic E-state index is 0.0824. The first-order valence-electron chi connectivity index (χ1n) is 8.52. The van der Waals surface area contributed by atoms with Crippen molar-refractivity contribution < 1.29 is 14.6 Å². The van der Waals surface area contributed by atoms with Crippen molar-refractivity contribution in [2.75, 3.05) is 10.7 Å². The molecule has 1 aliphatic rings. The second kappa shape index (κ2) is 8.24. The van der Waals surface area contributed by atoms with Crippen molar-refractivity contribution >= 4 is 28.9 Å². The summed E-state index contributed by atoms with van der Waals surface area (Å²) in [5.74, 6) is -0.720. The zero-order valence-electron chi connectivity index (χ0n) is 14.6. The molecule has 12 heteroatoms. The summed E-state index contributed by atoms with van der Waals surface area (Å²) in [7, 11) is 0. The lowest BCUT2D eigenvalue weighted by Gasteiger charge is -2.14. The Morgan fingerprint density at radius 1 is 1.00 bits per heavy atom. The Morgan fingerprint density at radius 2 is 1.64 bits per heavy atom. The Kier molecular flexibility index (Phi) is 5.58. The molecule has 1 aliphatic carbocycles. The molecule has 1 amide bonds. The Morgan fingerprint density at radius 3 is 2.25 bits per heavy atom. The lowest BCUT2D eigenvalue weighted by Crippen LogP contribution is -2.30. The molecule has 28 heavy (non-hydrogen) atoms. The van der Waals surface area contributed by atoms with Crippen LogP contribution in [0.3, 0.4) is 0 Å². The van der Waals surface area contributed by atoms with Gasteiger partial charge in [-0.05, 0) is 25.0 Å². The smallest absolute Gasteiger partial charge is 0.354 e. The van der Waals surface area contributed by atoms with Crippen LogP contribution < -0.4 is 16.2 Å². The van der Waals surface area contributed by atoms with Gasteiger partial charge < -0.3 is 5.32 Å². The van der Waals surface area contributed by atoms with E-state index in [4.69, 9.17) is 0 Å². The van der Waals surface area contributed by atoms with Crippen LogP contribution in [0.2, 0.25) is 0 Å². The number of benzene rings is 1. The number of rotatable bonds is 7. The van der Waals surface area contributed by atoms with Gasteiger partial charge >= 0.3 is 5.69 Å². The van der Waals surface area contributed by atoms with Crippen molar-refractivity contribution in [3.05, 3.63) is 56.4 Å². The van der Waals surface area contributed by atoms with Gasteiger partial charge in [-0.3, -0.25) is 35.9 Å². The van der Waals surface area contributed by atoms with Gasteiger partial charge in [-0.25, -0.2) is 9.97 Å². The number of nitrogens with one attached hydrogen (secondary N) is 3. The molecule has 0 bridgehead atoms. The van der Waals surface area contributed by atoms with Gasteiger partial charge in [0.25, 0.3) is 11.6 Å². The van der Waals surface area contributed by atoms with Gasteiger partial charge in [-0.15, -0.1) is 0 Å². The molecule has 1 aromatic heterocycles. The van der Waals surface area contributed by atoms with Crippen LogP contribution in [0.1, 0.15) is 36.0 Å². The lowest BCUT2D eigenvalue weighted by atomic mass is 10.2. The molecule has 1 fully saturated rings. The predicted octanol–water partition coefficient (Wildman–Crippen LogP) is 2.40. The summed E-state index contributed by atoms with van der Waals surface area (Å²) in [5, 5.41) is 25.2. The molecule has 0 unspecified atom stereocenters. The summed E-state index contributed by atoms with van der Waals surface area (Å²) in [6, 6.07) is 5.03. The third-order valence-electron chi connectivity index (χ3n) is 4.34. The number of aromatic nitrogens is 2.